The van der Waals surface area contributed by atoms with Crippen molar-refractivity contribution in [2.45, 2.75) is 19.8 Å². The lowest BCUT2D eigenvalue weighted by Crippen LogP contribution is -1.97. The molecule has 0 aliphatic carbocycles. The molecule has 4 nitrogen and oxygen atoms in total. The van der Waals surface area contributed by atoms with E-state index in [1.165, 1.54) is 0 Å². The average molecular weight is 354 g/mol. The molecule has 3 rings (SSSR count). The molecule has 0 fully saturated rings. The number of thioether (sulfide) groups is 1. The summed E-state index contributed by atoms with van der Waals surface area (Å²) in [5.41, 5.74) is 2.69. The number of aliphatic imine (C=N–C) groups is 1. The summed E-state index contributed by atoms with van der Waals surface area (Å²) < 4.78 is 10.9. The van der Waals surface area contributed by atoms with Gasteiger partial charge in [0.05, 0.1) is 30.9 Å². The molecular weight excluding hydrogens is 332 g/mol. The Balaban J connectivity index is 2.20. The molecule has 2 aromatic carbocycles. The Morgan fingerprint density at radius 1 is 1.08 bits per heavy atom. The number of rotatable bonds is 5. The van der Waals surface area contributed by atoms with E-state index in [4.69, 9.17) is 19.5 Å². The number of nitrogens with zero attached hydrogens (tertiary/aromatic N) is 2. The molecule has 0 unspecified atom stereocenters. The molecule has 0 bridgehead atoms. The van der Waals surface area contributed by atoms with Gasteiger partial charge >= 0.3 is 0 Å². The first-order chi connectivity index (χ1) is 12.3. The largest absolute Gasteiger partial charge is 0.497 e. The lowest BCUT2D eigenvalue weighted by molar-refractivity contribution is 0.415. The van der Waals surface area contributed by atoms with Crippen molar-refractivity contribution in [3.05, 3.63) is 42.5 Å². The number of para-hydroxylation sites is 1. The number of fused-ring (bicyclic) bond motifs is 2. The van der Waals surface area contributed by atoms with E-state index in [1.54, 1.807) is 26.0 Å². The zero-order chi connectivity index (χ0) is 17.6. The van der Waals surface area contributed by atoms with E-state index < -0.39 is 0 Å². The van der Waals surface area contributed by atoms with Crippen LogP contribution in [0.3, 0.4) is 0 Å². The first kappa shape index (κ1) is 17.5. The van der Waals surface area contributed by atoms with Crippen LogP contribution in [0.1, 0.15) is 19.8 Å². The fourth-order valence-corrected chi connectivity index (χ4v) is 3.51. The maximum absolute atomic E-state index is 5.52. The Bertz CT molecular complexity index is 909. The second-order valence-electron chi connectivity index (χ2n) is 5.64. The van der Waals surface area contributed by atoms with Crippen LogP contribution in [0.25, 0.3) is 21.8 Å². The fraction of sp³-hybridized carbons (Fsp3) is 0.300. The minimum Gasteiger partial charge on any atom is -0.497 e. The van der Waals surface area contributed by atoms with E-state index in [1.807, 2.05) is 42.5 Å². The Morgan fingerprint density at radius 3 is 2.64 bits per heavy atom. The summed E-state index contributed by atoms with van der Waals surface area (Å²) >= 11 is 1.64. The highest BCUT2D eigenvalue weighted by Crippen LogP contribution is 2.35. The van der Waals surface area contributed by atoms with Crippen LogP contribution in [0, 0.1) is 0 Å². The van der Waals surface area contributed by atoms with Crippen LogP contribution in [-0.4, -0.2) is 30.2 Å². The van der Waals surface area contributed by atoms with Gasteiger partial charge in [-0.1, -0.05) is 43.3 Å². The van der Waals surface area contributed by atoms with E-state index in [0.717, 1.165) is 51.8 Å². The summed E-state index contributed by atoms with van der Waals surface area (Å²) in [5, 5.41) is 2.64. The Kier molecular flexibility index (Phi) is 5.76. The molecule has 0 aliphatic heterocycles. The molecule has 0 radical (unpaired) electrons. The Morgan fingerprint density at radius 2 is 1.88 bits per heavy atom. The van der Waals surface area contributed by atoms with E-state index >= 15 is 0 Å². The topological polar surface area (TPSA) is 43.7 Å². The molecule has 0 atom stereocenters. The van der Waals surface area contributed by atoms with Gasteiger partial charge in [0.2, 0.25) is 0 Å². The lowest BCUT2D eigenvalue weighted by atomic mass is 10.1. The van der Waals surface area contributed by atoms with Gasteiger partial charge in [-0.3, -0.25) is 0 Å². The van der Waals surface area contributed by atoms with Crippen LogP contribution in [-0.2, 0) is 4.74 Å². The number of methoxy groups -OCH3 is 2. The molecule has 0 saturated heterocycles. The third kappa shape index (κ3) is 3.87. The Hall–Kier alpha value is -2.27. The summed E-state index contributed by atoms with van der Waals surface area (Å²) in [6, 6.07) is 13.9. The van der Waals surface area contributed by atoms with Crippen LogP contribution in [0.2, 0.25) is 0 Å². The molecule has 0 aliphatic rings. The van der Waals surface area contributed by atoms with Gasteiger partial charge in [0, 0.05) is 16.5 Å². The van der Waals surface area contributed by atoms with E-state index in [-0.39, 0.29) is 0 Å². The number of aromatic nitrogens is 1. The van der Waals surface area contributed by atoms with Gasteiger partial charge in [-0.25, -0.2) is 9.98 Å². The number of pyridine rings is 1. The van der Waals surface area contributed by atoms with Gasteiger partial charge in [0.1, 0.15) is 5.75 Å². The van der Waals surface area contributed by atoms with Crippen molar-refractivity contribution in [1.82, 2.24) is 4.98 Å². The second-order valence-corrected chi connectivity index (χ2v) is 6.69. The molecule has 0 N–H and O–H groups in total. The number of hydrogen-bond acceptors (Lipinski definition) is 5. The van der Waals surface area contributed by atoms with Gasteiger partial charge in [-0.2, -0.15) is 0 Å². The first-order valence-corrected chi connectivity index (χ1v) is 9.37. The van der Waals surface area contributed by atoms with E-state index in [0.29, 0.717) is 5.23 Å². The van der Waals surface area contributed by atoms with Crippen molar-refractivity contribution < 1.29 is 9.47 Å². The zero-order valence-corrected chi connectivity index (χ0v) is 15.6. The minimum atomic E-state index is 0.675. The van der Waals surface area contributed by atoms with Crippen LogP contribution >= 0.6 is 11.8 Å². The van der Waals surface area contributed by atoms with Crippen LogP contribution in [0.15, 0.2) is 47.5 Å². The van der Waals surface area contributed by atoms with Crippen LogP contribution in [0.5, 0.6) is 5.75 Å². The Labute approximate surface area is 152 Å². The van der Waals surface area contributed by atoms with Crippen molar-refractivity contribution in [2.75, 3.05) is 20.0 Å². The monoisotopic (exact) mass is 354 g/mol. The maximum atomic E-state index is 5.52. The molecule has 0 amide bonds. The molecule has 3 aromatic rings. The van der Waals surface area contributed by atoms with Gasteiger partial charge in [0.15, 0.2) is 0 Å². The molecular formula is C20H22N2O2S. The molecule has 5 heteroatoms. The smallest absolute Gasteiger partial charge is 0.250 e. The number of ether oxygens (including phenoxy) is 2. The predicted octanol–water partition coefficient (Wildman–Crippen LogP) is 5.56. The van der Waals surface area contributed by atoms with E-state index in [9.17, 15) is 0 Å². The third-order valence-corrected chi connectivity index (χ3v) is 4.96. The highest BCUT2D eigenvalue weighted by Gasteiger charge is 2.11. The SMILES string of the molecule is CCCCSC(=Nc1c2ccccc2nc2ccc(OC)cc12)OC. The van der Waals surface area contributed by atoms with Gasteiger partial charge in [-0.05, 0) is 30.7 Å². The first-order valence-electron chi connectivity index (χ1n) is 8.38. The van der Waals surface area contributed by atoms with Crippen molar-refractivity contribution in [1.29, 1.82) is 0 Å². The summed E-state index contributed by atoms with van der Waals surface area (Å²) in [7, 11) is 3.34. The van der Waals surface area contributed by atoms with Crippen LogP contribution < -0.4 is 4.74 Å². The highest BCUT2D eigenvalue weighted by molar-refractivity contribution is 8.13. The molecule has 130 valence electrons. The molecule has 0 spiro atoms. The van der Waals surface area contributed by atoms with Crippen LogP contribution in [0.4, 0.5) is 5.69 Å². The van der Waals surface area contributed by atoms with Crippen molar-refractivity contribution >= 4 is 44.5 Å². The van der Waals surface area contributed by atoms with E-state index in [2.05, 4.69) is 6.92 Å². The molecule has 1 aromatic heterocycles. The molecule has 0 saturated carbocycles. The van der Waals surface area contributed by atoms with Crippen molar-refractivity contribution in [2.24, 2.45) is 4.99 Å². The minimum absolute atomic E-state index is 0.675. The number of unbranched alkanes of at least 4 members (excludes halogenated alkanes) is 1. The lowest BCUT2D eigenvalue weighted by Gasteiger charge is -2.10. The van der Waals surface area contributed by atoms with Gasteiger partial charge < -0.3 is 9.47 Å². The fourth-order valence-electron chi connectivity index (χ4n) is 2.63. The highest BCUT2D eigenvalue weighted by atomic mass is 32.2. The predicted molar refractivity (Wildman–Crippen MR) is 107 cm³/mol. The molecule has 1 heterocycles. The second kappa shape index (κ2) is 8.21. The zero-order valence-electron chi connectivity index (χ0n) is 14.8. The summed E-state index contributed by atoms with van der Waals surface area (Å²) in [4.78, 5) is 9.59. The quantitative estimate of drug-likeness (QED) is 0.260. The van der Waals surface area contributed by atoms with Gasteiger partial charge in [-0.15, -0.1) is 0 Å². The number of hydrogen-bond donors (Lipinski definition) is 0. The third-order valence-electron chi connectivity index (χ3n) is 3.96. The summed E-state index contributed by atoms with van der Waals surface area (Å²) in [6.45, 7) is 2.18. The average Bonchev–Trinajstić information content (AvgIpc) is 2.66. The standard InChI is InChI=1S/C20H22N2O2S/c1-4-5-12-25-20(24-3)22-19-15-8-6-7-9-17(15)21-18-11-10-14(23-2)13-16(18)19/h6-11,13H,4-5,12H2,1-3H3. The van der Waals surface area contributed by atoms with Crippen molar-refractivity contribution in [3.63, 3.8) is 0 Å². The van der Waals surface area contributed by atoms with Gasteiger partial charge in [0.25, 0.3) is 5.23 Å². The maximum Gasteiger partial charge on any atom is 0.250 e. The number of benzene rings is 2. The molecule has 25 heavy (non-hydrogen) atoms. The normalized spacial score (nSPS) is 11.9. The van der Waals surface area contributed by atoms with Crippen molar-refractivity contribution in [3.8, 4) is 5.75 Å². The summed E-state index contributed by atoms with van der Waals surface area (Å²) in [5.74, 6) is 1.78. The summed E-state index contributed by atoms with van der Waals surface area (Å²) in [6.07, 6.45) is 2.29.